The monoisotopic (exact) mass is 415 g/mol. The lowest BCUT2D eigenvalue weighted by atomic mass is 10.0. The van der Waals surface area contributed by atoms with E-state index in [1.54, 1.807) is 6.07 Å². The molecule has 0 radical (unpaired) electrons. The van der Waals surface area contributed by atoms with Gasteiger partial charge in [0.15, 0.2) is 0 Å². The van der Waals surface area contributed by atoms with Gasteiger partial charge in [-0.05, 0) is 72.4 Å². The first kappa shape index (κ1) is 20.5. The minimum Gasteiger partial charge on any atom is -0.457 e. The highest BCUT2D eigenvalue weighted by atomic mass is 16.5. The molecule has 0 spiro atoms. The molecular formula is C25H25N3O3. The van der Waals surface area contributed by atoms with Gasteiger partial charge in [0, 0.05) is 5.69 Å². The number of amides is 3. The van der Waals surface area contributed by atoms with Crippen LogP contribution >= 0.6 is 0 Å². The van der Waals surface area contributed by atoms with Crippen molar-refractivity contribution in [2.45, 2.75) is 31.7 Å². The Hall–Kier alpha value is -3.80. The van der Waals surface area contributed by atoms with E-state index in [1.807, 2.05) is 60.7 Å². The third-order valence-corrected chi connectivity index (χ3v) is 5.33. The van der Waals surface area contributed by atoms with Crippen molar-refractivity contribution in [2.24, 2.45) is 5.73 Å². The minimum atomic E-state index is -0.690. The number of benzene rings is 3. The molecule has 158 valence electrons. The van der Waals surface area contributed by atoms with E-state index >= 15 is 0 Å². The van der Waals surface area contributed by atoms with E-state index in [-0.39, 0.29) is 12.3 Å². The van der Waals surface area contributed by atoms with Crippen molar-refractivity contribution >= 4 is 17.6 Å². The van der Waals surface area contributed by atoms with E-state index in [9.17, 15) is 9.59 Å². The summed E-state index contributed by atoms with van der Waals surface area (Å²) in [6.45, 7) is 0. The molecule has 0 aromatic heterocycles. The molecule has 3 aromatic carbocycles. The summed E-state index contributed by atoms with van der Waals surface area (Å²) in [5.41, 5.74) is 9.51. The van der Waals surface area contributed by atoms with Crippen molar-refractivity contribution in [3.05, 3.63) is 89.5 Å². The van der Waals surface area contributed by atoms with E-state index in [1.165, 1.54) is 11.1 Å². The quantitative estimate of drug-likeness (QED) is 0.522. The molecule has 1 atom stereocenters. The maximum atomic E-state index is 12.7. The van der Waals surface area contributed by atoms with Gasteiger partial charge in [0.05, 0.1) is 12.5 Å². The number of para-hydroxylation sites is 1. The average molecular weight is 415 g/mol. The predicted molar refractivity (Wildman–Crippen MR) is 120 cm³/mol. The molecule has 4 rings (SSSR count). The van der Waals surface area contributed by atoms with Crippen molar-refractivity contribution in [1.82, 2.24) is 5.32 Å². The second-order valence-electron chi connectivity index (χ2n) is 7.64. The first-order valence-electron chi connectivity index (χ1n) is 10.4. The maximum Gasteiger partial charge on any atom is 0.312 e. The fourth-order valence-corrected chi connectivity index (χ4v) is 3.89. The molecular weight excluding hydrogens is 390 g/mol. The highest BCUT2D eigenvalue weighted by Gasteiger charge is 2.19. The lowest BCUT2D eigenvalue weighted by Gasteiger charge is -2.19. The van der Waals surface area contributed by atoms with Crippen LogP contribution in [0.3, 0.4) is 0 Å². The molecule has 0 fully saturated rings. The Bertz CT molecular complexity index is 1080. The summed E-state index contributed by atoms with van der Waals surface area (Å²) in [5, 5.41) is 5.61. The Morgan fingerprint density at radius 3 is 2.48 bits per heavy atom. The predicted octanol–water partition coefficient (Wildman–Crippen LogP) is 4.71. The molecule has 0 aliphatic heterocycles. The number of anilines is 1. The van der Waals surface area contributed by atoms with Crippen molar-refractivity contribution < 1.29 is 14.3 Å². The molecule has 1 aliphatic rings. The first-order chi connectivity index (χ1) is 15.1. The summed E-state index contributed by atoms with van der Waals surface area (Å²) in [4.78, 5) is 24.3. The second kappa shape index (κ2) is 9.34. The number of nitrogens with one attached hydrogen (secondary N) is 2. The fourth-order valence-electron chi connectivity index (χ4n) is 3.89. The molecule has 0 bridgehead atoms. The Morgan fingerprint density at radius 2 is 1.68 bits per heavy atom. The molecule has 0 unspecified atom stereocenters. The Labute approximate surface area is 181 Å². The van der Waals surface area contributed by atoms with Crippen LogP contribution in [0.4, 0.5) is 10.5 Å². The normalized spacial score (nSPS) is 13.2. The number of aryl methyl sites for hydroxylation is 2. The number of nitrogens with two attached hydrogens (primary N) is 1. The Morgan fingerprint density at radius 1 is 0.903 bits per heavy atom. The highest BCUT2D eigenvalue weighted by Crippen LogP contribution is 2.27. The van der Waals surface area contributed by atoms with E-state index in [2.05, 4.69) is 16.7 Å². The summed E-state index contributed by atoms with van der Waals surface area (Å²) in [5.74, 6) is 1.11. The second-order valence-corrected chi connectivity index (χ2v) is 7.64. The van der Waals surface area contributed by atoms with Gasteiger partial charge in [0.2, 0.25) is 5.91 Å². The van der Waals surface area contributed by atoms with E-state index in [0.717, 1.165) is 30.5 Å². The standard InChI is InChI=1S/C25H25N3O3/c26-25(30)28-23(16-24(29)27-20-13-12-17-6-4-7-18(17)14-20)19-8-5-11-22(15-19)31-21-9-2-1-3-10-21/h1-3,5,8-15,23H,4,6-7,16H2,(H,27,29)(H3,26,28,30)/t23-/m0/s1. The zero-order valence-electron chi connectivity index (χ0n) is 17.1. The summed E-state index contributed by atoms with van der Waals surface area (Å²) in [7, 11) is 0. The van der Waals surface area contributed by atoms with Gasteiger partial charge in [-0.25, -0.2) is 4.79 Å². The molecule has 6 heteroatoms. The van der Waals surface area contributed by atoms with Crippen LogP contribution in [0.2, 0.25) is 0 Å². The lowest BCUT2D eigenvalue weighted by Crippen LogP contribution is -2.35. The molecule has 0 heterocycles. The number of carbonyl (C=O) groups is 2. The Kier molecular flexibility index (Phi) is 6.17. The van der Waals surface area contributed by atoms with Crippen LogP contribution in [-0.2, 0) is 17.6 Å². The van der Waals surface area contributed by atoms with Crippen LogP contribution in [0.15, 0.2) is 72.8 Å². The lowest BCUT2D eigenvalue weighted by molar-refractivity contribution is -0.116. The molecule has 4 N–H and O–H groups in total. The molecule has 0 saturated carbocycles. The van der Waals surface area contributed by atoms with Gasteiger partial charge in [-0.2, -0.15) is 0 Å². The van der Waals surface area contributed by atoms with Crippen LogP contribution in [0.25, 0.3) is 0 Å². The van der Waals surface area contributed by atoms with Crippen LogP contribution in [0, 0.1) is 0 Å². The smallest absolute Gasteiger partial charge is 0.312 e. The molecule has 0 saturated heterocycles. The van der Waals surface area contributed by atoms with Gasteiger partial charge in [0.1, 0.15) is 11.5 Å². The summed E-state index contributed by atoms with van der Waals surface area (Å²) in [6, 6.07) is 21.4. The van der Waals surface area contributed by atoms with Gasteiger partial charge in [0.25, 0.3) is 0 Å². The summed E-state index contributed by atoms with van der Waals surface area (Å²) in [6.07, 6.45) is 3.34. The number of primary amides is 1. The highest BCUT2D eigenvalue weighted by molar-refractivity contribution is 5.91. The molecule has 3 amide bonds. The van der Waals surface area contributed by atoms with E-state index < -0.39 is 12.1 Å². The zero-order valence-corrected chi connectivity index (χ0v) is 17.1. The average Bonchev–Trinajstić information content (AvgIpc) is 3.22. The van der Waals surface area contributed by atoms with Gasteiger partial charge in [-0.15, -0.1) is 0 Å². The van der Waals surface area contributed by atoms with Crippen LogP contribution < -0.4 is 21.1 Å². The third kappa shape index (κ3) is 5.42. The molecule has 3 aromatic rings. The Balaban J connectivity index is 1.47. The van der Waals surface area contributed by atoms with Gasteiger partial charge in [-0.3, -0.25) is 4.79 Å². The van der Waals surface area contributed by atoms with Gasteiger partial charge >= 0.3 is 6.03 Å². The van der Waals surface area contributed by atoms with Crippen LogP contribution in [0.5, 0.6) is 11.5 Å². The minimum absolute atomic E-state index is 0.0504. The van der Waals surface area contributed by atoms with E-state index in [4.69, 9.17) is 10.5 Å². The van der Waals surface area contributed by atoms with Crippen molar-refractivity contribution in [2.75, 3.05) is 5.32 Å². The zero-order chi connectivity index (χ0) is 21.6. The first-order valence-corrected chi connectivity index (χ1v) is 10.4. The number of carbonyl (C=O) groups excluding carboxylic acids is 2. The number of rotatable bonds is 7. The number of hydrogen-bond donors (Lipinski definition) is 3. The SMILES string of the molecule is NC(=O)N[C@@H](CC(=O)Nc1ccc2c(c1)CCC2)c1cccc(Oc2ccccc2)c1. The number of hydrogen-bond acceptors (Lipinski definition) is 3. The largest absolute Gasteiger partial charge is 0.457 e. The van der Waals surface area contributed by atoms with Gasteiger partial charge < -0.3 is 21.1 Å². The third-order valence-electron chi connectivity index (χ3n) is 5.33. The molecule has 1 aliphatic carbocycles. The van der Waals surface area contributed by atoms with Gasteiger partial charge in [-0.1, -0.05) is 36.4 Å². The topological polar surface area (TPSA) is 93.5 Å². The fraction of sp³-hybridized carbons (Fsp3) is 0.200. The molecule has 6 nitrogen and oxygen atoms in total. The van der Waals surface area contributed by atoms with Crippen molar-refractivity contribution in [1.29, 1.82) is 0 Å². The van der Waals surface area contributed by atoms with Crippen molar-refractivity contribution in [3.8, 4) is 11.5 Å². The van der Waals surface area contributed by atoms with E-state index in [0.29, 0.717) is 11.5 Å². The number of fused-ring (bicyclic) bond motifs is 1. The molecule has 31 heavy (non-hydrogen) atoms. The summed E-state index contributed by atoms with van der Waals surface area (Å²) >= 11 is 0. The number of ether oxygens (including phenoxy) is 1. The number of urea groups is 1. The summed E-state index contributed by atoms with van der Waals surface area (Å²) < 4.78 is 5.87. The maximum absolute atomic E-state index is 12.7. The van der Waals surface area contributed by atoms with Crippen molar-refractivity contribution in [3.63, 3.8) is 0 Å². The van der Waals surface area contributed by atoms with Crippen LogP contribution in [-0.4, -0.2) is 11.9 Å². The van der Waals surface area contributed by atoms with Crippen LogP contribution in [0.1, 0.15) is 35.6 Å².